The van der Waals surface area contributed by atoms with E-state index in [4.69, 9.17) is 14.2 Å². The number of hydrogen-bond acceptors (Lipinski definition) is 6. The van der Waals surface area contributed by atoms with Gasteiger partial charge in [-0.1, -0.05) is 48.5 Å². The van der Waals surface area contributed by atoms with Gasteiger partial charge in [0, 0.05) is 17.5 Å². The van der Waals surface area contributed by atoms with Gasteiger partial charge in [-0.2, -0.15) is 0 Å². The van der Waals surface area contributed by atoms with E-state index in [1.54, 1.807) is 6.92 Å². The maximum absolute atomic E-state index is 12.9. The third kappa shape index (κ3) is 3.47. The lowest BCUT2D eigenvalue weighted by Crippen LogP contribution is -2.42. The Bertz CT molecular complexity index is 853. The number of rotatable bonds is 5. The molecule has 4 rings (SSSR count). The predicted molar refractivity (Wildman–Crippen MR) is 101 cm³/mol. The molecule has 6 nitrogen and oxygen atoms in total. The van der Waals surface area contributed by atoms with Crippen LogP contribution in [0.2, 0.25) is 0 Å². The first-order valence-corrected chi connectivity index (χ1v) is 9.54. The van der Waals surface area contributed by atoms with E-state index < -0.39 is 23.9 Å². The molecule has 1 fully saturated rings. The second-order valence-corrected chi connectivity index (χ2v) is 7.01. The van der Waals surface area contributed by atoms with E-state index in [9.17, 15) is 9.59 Å². The van der Waals surface area contributed by atoms with Crippen LogP contribution in [0.25, 0.3) is 0 Å². The number of fused-ring (bicyclic) bond motifs is 3. The summed E-state index contributed by atoms with van der Waals surface area (Å²) in [5.74, 6) is -0.914. The molecule has 1 unspecified atom stereocenters. The molecule has 2 aliphatic heterocycles. The van der Waals surface area contributed by atoms with Gasteiger partial charge in [0.1, 0.15) is 18.4 Å². The van der Waals surface area contributed by atoms with Crippen molar-refractivity contribution in [2.24, 2.45) is 11.8 Å². The molecule has 2 aliphatic rings. The van der Waals surface area contributed by atoms with Crippen molar-refractivity contribution in [3.63, 3.8) is 0 Å². The molecule has 146 valence electrons. The van der Waals surface area contributed by atoms with Gasteiger partial charge in [0.15, 0.2) is 0 Å². The van der Waals surface area contributed by atoms with Crippen molar-refractivity contribution in [1.29, 1.82) is 0 Å². The molecular weight excluding hydrogens is 358 g/mol. The second-order valence-electron chi connectivity index (χ2n) is 7.01. The fourth-order valence-electron chi connectivity index (χ4n) is 4.03. The van der Waals surface area contributed by atoms with Crippen molar-refractivity contribution in [2.45, 2.75) is 25.6 Å². The van der Waals surface area contributed by atoms with Crippen LogP contribution in [-0.2, 0) is 25.7 Å². The van der Waals surface area contributed by atoms with Crippen LogP contribution < -0.4 is 10.1 Å². The van der Waals surface area contributed by atoms with Gasteiger partial charge in [0.25, 0.3) is 0 Å². The third-order valence-corrected chi connectivity index (χ3v) is 5.33. The molecule has 0 radical (unpaired) electrons. The topological polar surface area (TPSA) is 73.9 Å². The Kier molecular flexibility index (Phi) is 5.30. The number of hydrogen-bond donors (Lipinski definition) is 1. The lowest BCUT2D eigenvalue weighted by atomic mass is 9.83. The summed E-state index contributed by atoms with van der Waals surface area (Å²) >= 11 is 0. The zero-order valence-corrected chi connectivity index (χ0v) is 15.7. The summed E-state index contributed by atoms with van der Waals surface area (Å²) in [5.41, 5.74) is 1.85. The Hall–Kier alpha value is -2.86. The first-order chi connectivity index (χ1) is 13.7. The average molecular weight is 381 g/mol. The van der Waals surface area contributed by atoms with Crippen LogP contribution >= 0.6 is 0 Å². The van der Waals surface area contributed by atoms with Gasteiger partial charge >= 0.3 is 11.9 Å². The van der Waals surface area contributed by atoms with E-state index in [1.165, 1.54) is 0 Å². The van der Waals surface area contributed by atoms with Crippen LogP contribution in [-0.4, -0.2) is 31.2 Å². The van der Waals surface area contributed by atoms with Crippen LogP contribution in [0.15, 0.2) is 54.6 Å². The molecule has 6 heteroatoms. The molecule has 4 atom stereocenters. The molecule has 2 heterocycles. The zero-order valence-electron chi connectivity index (χ0n) is 15.7. The van der Waals surface area contributed by atoms with E-state index in [-0.39, 0.29) is 25.2 Å². The highest BCUT2D eigenvalue weighted by molar-refractivity contribution is 5.86. The monoisotopic (exact) mass is 381 g/mol. The van der Waals surface area contributed by atoms with E-state index >= 15 is 0 Å². The molecule has 1 saturated heterocycles. The van der Waals surface area contributed by atoms with Crippen molar-refractivity contribution < 1.29 is 23.8 Å². The molecule has 0 spiro atoms. The van der Waals surface area contributed by atoms with E-state index in [0.717, 1.165) is 16.9 Å². The lowest BCUT2D eigenvalue weighted by molar-refractivity contribution is -0.158. The Balaban J connectivity index is 1.56. The smallest absolute Gasteiger partial charge is 0.324 e. The van der Waals surface area contributed by atoms with E-state index in [1.807, 2.05) is 54.6 Å². The highest BCUT2D eigenvalue weighted by Gasteiger charge is 2.54. The number of para-hydroxylation sites is 1. The van der Waals surface area contributed by atoms with Crippen molar-refractivity contribution in [3.8, 4) is 5.75 Å². The maximum Gasteiger partial charge on any atom is 0.324 e. The van der Waals surface area contributed by atoms with E-state index in [0.29, 0.717) is 6.61 Å². The summed E-state index contributed by atoms with van der Waals surface area (Å²) in [6.07, 6.45) is 0. The summed E-state index contributed by atoms with van der Waals surface area (Å²) in [5, 5.41) is 3.32. The van der Waals surface area contributed by atoms with Gasteiger partial charge in [0.2, 0.25) is 0 Å². The number of ether oxygens (including phenoxy) is 3. The molecule has 1 N–H and O–H groups in total. The minimum atomic E-state index is -0.771. The lowest BCUT2D eigenvalue weighted by Gasteiger charge is -2.30. The third-order valence-electron chi connectivity index (χ3n) is 5.33. The molecular formula is C22H23NO5. The van der Waals surface area contributed by atoms with Crippen LogP contribution in [0.1, 0.15) is 24.1 Å². The molecule has 0 aromatic heterocycles. The van der Waals surface area contributed by atoms with Crippen molar-refractivity contribution in [2.75, 3.05) is 13.2 Å². The summed E-state index contributed by atoms with van der Waals surface area (Å²) in [4.78, 5) is 25.5. The van der Waals surface area contributed by atoms with Gasteiger partial charge < -0.3 is 14.2 Å². The fourth-order valence-corrected chi connectivity index (χ4v) is 4.03. The molecule has 2 aromatic carbocycles. The summed E-state index contributed by atoms with van der Waals surface area (Å²) in [7, 11) is 0. The summed E-state index contributed by atoms with van der Waals surface area (Å²) < 4.78 is 16.6. The van der Waals surface area contributed by atoms with Crippen molar-refractivity contribution in [3.05, 3.63) is 65.7 Å². The molecule has 0 saturated carbocycles. The second kappa shape index (κ2) is 8.02. The number of esters is 2. The minimum Gasteiger partial charge on any atom is -0.493 e. The number of nitrogens with one attached hydrogen (secondary N) is 1. The SMILES string of the molecule is CCOC(=O)[C@@H]1C(C(=O)OCc2ccccc2)N[C@@H]2c3ccccc3OC[C@H]21. The van der Waals surface area contributed by atoms with Crippen LogP contribution in [0.4, 0.5) is 0 Å². The molecule has 2 aromatic rings. The van der Waals surface area contributed by atoms with E-state index in [2.05, 4.69) is 5.32 Å². The van der Waals surface area contributed by atoms with Crippen LogP contribution in [0.3, 0.4) is 0 Å². The zero-order chi connectivity index (χ0) is 19.5. The highest BCUT2D eigenvalue weighted by Crippen LogP contribution is 2.45. The van der Waals surface area contributed by atoms with Crippen LogP contribution in [0.5, 0.6) is 5.75 Å². The first kappa shape index (κ1) is 18.5. The van der Waals surface area contributed by atoms with Gasteiger partial charge in [-0.05, 0) is 18.6 Å². The maximum atomic E-state index is 12.9. The largest absolute Gasteiger partial charge is 0.493 e. The van der Waals surface area contributed by atoms with Gasteiger partial charge in [-0.15, -0.1) is 0 Å². The normalized spacial score (nSPS) is 25.2. The minimum absolute atomic E-state index is 0.159. The number of carbonyl (C=O) groups is 2. The Morgan fingerprint density at radius 2 is 1.79 bits per heavy atom. The number of carbonyl (C=O) groups excluding carboxylic acids is 2. The quantitative estimate of drug-likeness (QED) is 0.803. The van der Waals surface area contributed by atoms with Gasteiger partial charge in [0.05, 0.1) is 19.1 Å². The Labute approximate surface area is 163 Å². The molecule has 0 bridgehead atoms. The predicted octanol–water partition coefficient (Wildman–Crippen LogP) is 2.63. The van der Waals surface area contributed by atoms with Crippen molar-refractivity contribution in [1.82, 2.24) is 5.32 Å². The Morgan fingerprint density at radius 1 is 1.04 bits per heavy atom. The summed E-state index contributed by atoms with van der Waals surface area (Å²) in [6, 6.07) is 16.2. The van der Waals surface area contributed by atoms with Gasteiger partial charge in [-0.3, -0.25) is 14.9 Å². The average Bonchev–Trinajstić information content (AvgIpc) is 3.13. The van der Waals surface area contributed by atoms with Crippen LogP contribution in [0, 0.1) is 11.8 Å². The first-order valence-electron chi connectivity index (χ1n) is 9.54. The summed E-state index contributed by atoms with van der Waals surface area (Å²) in [6.45, 7) is 2.53. The van der Waals surface area contributed by atoms with Gasteiger partial charge in [-0.25, -0.2) is 0 Å². The fraction of sp³-hybridized carbons (Fsp3) is 0.364. The Morgan fingerprint density at radius 3 is 2.57 bits per heavy atom. The molecule has 0 amide bonds. The van der Waals surface area contributed by atoms with Crippen molar-refractivity contribution >= 4 is 11.9 Å². The highest BCUT2D eigenvalue weighted by atomic mass is 16.5. The number of benzene rings is 2. The molecule has 28 heavy (non-hydrogen) atoms. The molecule has 0 aliphatic carbocycles. The standard InChI is InChI=1S/C22H23NO5/c1-2-26-21(24)18-16-13-27-17-11-7-6-10-15(17)19(16)23-20(18)22(25)28-12-14-8-4-3-5-9-14/h3-11,16,18-20,23H,2,12-13H2,1H3/t16-,18-,19+,20?/m0/s1.